The van der Waals surface area contributed by atoms with Crippen LogP contribution in [0, 0.1) is 0 Å². The molecule has 0 radical (unpaired) electrons. The molecule has 1 aromatic heterocycles. The summed E-state index contributed by atoms with van der Waals surface area (Å²) in [6, 6.07) is 8.78. The molecule has 5 heteroatoms. The lowest BCUT2D eigenvalue weighted by Crippen LogP contribution is -2.48. The van der Waals surface area contributed by atoms with Gasteiger partial charge in [-0.25, -0.2) is 4.98 Å². The van der Waals surface area contributed by atoms with Crippen molar-refractivity contribution >= 4 is 5.91 Å². The van der Waals surface area contributed by atoms with Gasteiger partial charge in [0.1, 0.15) is 0 Å². The third-order valence-corrected chi connectivity index (χ3v) is 4.48. The Hall–Kier alpha value is -2.14. The van der Waals surface area contributed by atoms with Gasteiger partial charge >= 0.3 is 0 Å². The van der Waals surface area contributed by atoms with E-state index >= 15 is 0 Å². The van der Waals surface area contributed by atoms with E-state index in [2.05, 4.69) is 41.5 Å². The van der Waals surface area contributed by atoms with Gasteiger partial charge in [-0.3, -0.25) is 4.79 Å². The van der Waals surface area contributed by atoms with E-state index in [0.29, 0.717) is 13.0 Å². The van der Waals surface area contributed by atoms with E-state index in [-0.39, 0.29) is 11.9 Å². The molecular formula is C18H24N4O. The average molecular weight is 312 g/mol. The predicted molar refractivity (Wildman–Crippen MR) is 90.0 cm³/mol. The first-order valence-corrected chi connectivity index (χ1v) is 8.32. The van der Waals surface area contributed by atoms with E-state index in [1.807, 2.05) is 15.7 Å². The largest absolute Gasteiger partial charge is 0.337 e. The van der Waals surface area contributed by atoms with Crippen molar-refractivity contribution in [3.05, 3.63) is 54.1 Å². The highest BCUT2D eigenvalue weighted by molar-refractivity contribution is 5.76. The number of nitrogens with zero attached hydrogens (tertiary/aromatic N) is 3. The minimum absolute atomic E-state index is 0.130. The monoisotopic (exact) mass is 312 g/mol. The number of nitrogens with one attached hydrogen (secondary N) is 1. The molecule has 2 aromatic rings. The average Bonchev–Trinajstić information content (AvgIpc) is 3.13. The van der Waals surface area contributed by atoms with Crippen LogP contribution in [0.1, 0.15) is 30.5 Å². The minimum Gasteiger partial charge on any atom is -0.337 e. The molecule has 1 fully saturated rings. The van der Waals surface area contributed by atoms with E-state index in [4.69, 9.17) is 0 Å². The number of carbonyl (C=O) groups excluding carboxylic acids is 1. The molecular weight excluding hydrogens is 288 g/mol. The Morgan fingerprint density at radius 1 is 1.35 bits per heavy atom. The van der Waals surface area contributed by atoms with Crippen LogP contribution in [0.3, 0.4) is 0 Å². The summed E-state index contributed by atoms with van der Waals surface area (Å²) >= 11 is 0. The molecule has 0 aliphatic carbocycles. The van der Waals surface area contributed by atoms with Crippen LogP contribution in [-0.4, -0.2) is 40.0 Å². The Labute approximate surface area is 137 Å². The summed E-state index contributed by atoms with van der Waals surface area (Å²) in [5.74, 6) is 0.213. The summed E-state index contributed by atoms with van der Waals surface area (Å²) in [5.41, 5.74) is 2.54. The molecule has 1 aliphatic rings. The summed E-state index contributed by atoms with van der Waals surface area (Å²) in [6.07, 6.45) is 6.95. The van der Waals surface area contributed by atoms with Gasteiger partial charge in [0.2, 0.25) is 5.91 Å². The molecule has 1 saturated heterocycles. The highest BCUT2D eigenvalue weighted by Gasteiger charge is 2.27. The lowest BCUT2D eigenvalue weighted by molar-refractivity contribution is -0.134. The van der Waals surface area contributed by atoms with Crippen LogP contribution in [0.2, 0.25) is 0 Å². The van der Waals surface area contributed by atoms with Crippen LogP contribution >= 0.6 is 0 Å². The van der Waals surface area contributed by atoms with Gasteiger partial charge in [0, 0.05) is 45.0 Å². The number of benzene rings is 1. The normalized spacial score (nSPS) is 18.1. The molecule has 0 bridgehead atoms. The van der Waals surface area contributed by atoms with Gasteiger partial charge in [0.05, 0.1) is 12.4 Å². The number of hydrogen-bond acceptors (Lipinski definition) is 3. The molecule has 1 aliphatic heterocycles. The Morgan fingerprint density at radius 2 is 2.17 bits per heavy atom. The van der Waals surface area contributed by atoms with Gasteiger partial charge in [-0.05, 0) is 17.5 Å². The van der Waals surface area contributed by atoms with Crippen molar-refractivity contribution in [1.29, 1.82) is 0 Å². The fraction of sp³-hybridized carbons (Fsp3) is 0.444. The summed E-state index contributed by atoms with van der Waals surface area (Å²) in [7, 11) is 0. The highest BCUT2D eigenvalue weighted by atomic mass is 16.2. The number of rotatable bonds is 5. The number of imidazole rings is 1. The van der Waals surface area contributed by atoms with Crippen molar-refractivity contribution in [2.24, 2.45) is 0 Å². The Kier molecular flexibility index (Phi) is 5.08. The Balaban J connectivity index is 1.68. The molecule has 2 heterocycles. The van der Waals surface area contributed by atoms with E-state index in [1.54, 1.807) is 12.5 Å². The summed E-state index contributed by atoms with van der Waals surface area (Å²) in [6.45, 7) is 5.29. The number of amides is 1. The number of carbonyl (C=O) groups is 1. The second-order valence-electron chi connectivity index (χ2n) is 5.95. The minimum atomic E-state index is 0.130. The van der Waals surface area contributed by atoms with E-state index < -0.39 is 0 Å². The van der Waals surface area contributed by atoms with Crippen LogP contribution in [0.4, 0.5) is 0 Å². The lowest BCUT2D eigenvalue weighted by atomic mass is 10.0. The van der Waals surface area contributed by atoms with Crippen molar-refractivity contribution in [1.82, 2.24) is 19.8 Å². The van der Waals surface area contributed by atoms with Gasteiger partial charge in [-0.15, -0.1) is 0 Å². The second kappa shape index (κ2) is 7.42. The van der Waals surface area contributed by atoms with E-state index in [1.165, 1.54) is 11.1 Å². The smallest absolute Gasteiger partial charge is 0.224 e. The molecule has 122 valence electrons. The van der Waals surface area contributed by atoms with Crippen LogP contribution in [-0.2, 0) is 17.8 Å². The zero-order chi connectivity index (χ0) is 16.1. The molecule has 5 nitrogen and oxygen atoms in total. The third kappa shape index (κ3) is 3.79. The molecule has 23 heavy (non-hydrogen) atoms. The first kappa shape index (κ1) is 15.7. The summed E-state index contributed by atoms with van der Waals surface area (Å²) < 4.78 is 1.95. The zero-order valence-corrected chi connectivity index (χ0v) is 13.6. The first-order valence-electron chi connectivity index (χ1n) is 8.32. The molecule has 1 aromatic carbocycles. The van der Waals surface area contributed by atoms with Gasteiger partial charge in [-0.2, -0.15) is 0 Å². The standard InChI is InChI=1S/C18H24N4O/c1-2-15-3-5-16(6-4-15)17-13-19-9-12-22(17)18(23)7-10-21-11-8-20-14-21/h3-6,8,11,14,17,19H,2,7,9-10,12-13H2,1H3. The van der Waals surface area contributed by atoms with E-state index in [0.717, 1.165) is 26.1 Å². The van der Waals surface area contributed by atoms with Crippen LogP contribution in [0.25, 0.3) is 0 Å². The number of piperazine rings is 1. The van der Waals surface area contributed by atoms with E-state index in [9.17, 15) is 4.79 Å². The highest BCUT2D eigenvalue weighted by Crippen LogP contribution is 2.23. The van der Waals surface area contributed by atoms with Gasteiger partial charge < -0.3 is 14.8 Å². The van der Waals surface area contributed by atoms with Crippen molar-refractivity contribution in [3.8, 4) is 0 Å². The molecule has 1 atom stereocenters. The zero-order valence-electron chi connectivity index (χ0n) is 13.6. The molecule has 1 amide bonds. The number of hydrogen-bond donors (Lipinski definition) is 1. The topological polar surface area (TPSA) is 50.2 Å². The molecule has 3 rings (SSSR count). The quantitative estimate of drug-likeness (QED) is 0.919. The van der Waals surface area contributed by atoms with Crippen molar-refractivity contribution in [3.63, 3.8) is 0 Å². The maximum atomic E-state index is 12.7. The van der Waals surface area contributed by atoms with Gasteiger partial charge in [0.15, 0.2) is 0 Å². The van der Waals surface area contributed by atoms with Crippen LogP contribution in [0.15, 0.2) is 43.0 Å². The maximum Gasteiger partial charge on any atom is 0.224 e. The number of aryl methyl sites for hydroxylation is 2. The fourth-order valence-corrected chi connectivity index (χ4v) is 3.06. The first-order chi connectivity index (χ1) is 11.3. The summed E-state index contributed by atoms with van der Waals surface area (Å²) in [4.78, 5) is 18.7. The predicted octanol–water partition coefficient (Wildman–Crippen LogP) is 2.01. The molecule has 1 unspecified atom stereocenters. The molecule has 0 spiro atoms. The van der Waals surface area contributed by atoms with Crippen LogP contribution in [0.5, 0.6) is 0 Å². The molecule has 0 saturated carbocycles. The van der Waals surface area contributed by atoms with Crippen molar-refractivity contribution in [2.75, 3.05) is 19.6 Å². The Morgan fingerprint density at radius 3 is 2.87 bits per heavy atom. The second-order valence-corrected chi connectivity index (χ2v) is 5.95. The van der Waals surface area contributed by atoms with Crippen molar-refractivity contribution < 1.29 is 4.79 Å². The van der Waals surface area contributed by atoms with Gasteiger partial charge in [0.25, 0.3) is 0 Å². The summed E-state index contributed by atoms with van der Waals surface area (Å²) in [5, 5.41) is 3.41. The van der Waals surface area contributed by atoms with Crippen molar-refractivity contribution in [2.45, 2.75) is 32.4 Å². The SMILES string of the molecule is CCc1ccc(C2CNCCN2C(=O)CCn2ccnc2)cc1. The molecule has 1 N–H and O–H groups in total. The fourth-order valence-electron chi connectivity index (χ4n) is 3.06. The third-order valence-electron chi connectivity index (χ3n) is 4.48. The lowest BCUT2D eigenvalue weighted by Gasteiger charge is -2.36. The van der Waals surface area contributed by atoms with Gasteiger partial charge in [-0.1, -0.05) is 31.2 Å². The van der Waals surface area contributed by atoms with Crippen LogP contribution < -0.4 is 5.32 Å². The maximum absolute atomic E-state index is 12.7. The Bertz CT molecular complexity index is 621. The number of aromatic nitrogens is 2.